The number of rotatable bonds is 5. The van der Waals surface area contributed by atoms with Gasteiger partial charge in [0.2, 0.25) is 0 Å². The molecule has 5 nitrogen and oxygen atoms in total. The monoisotopic (exact) mass is 273 g/mol. The molecule has 0 aromatic carbocycles. The highest BCUT2D eigenvalue weighted by Gasteiger charge is 2.23. The van der Waals surface area contributed by atoms with Crippen molar-refractivity contribution >= 4 is 9.84 Å². The molecular formula is C12H23N3O2S. The van der Waals surface area contributed by atoms with Crippen LogP contribution in [0.15, 0.2) is 0 Å². The van der Waals surface area contributed by atoms with Crippen molar-refractivity contribution in [2.24, 2.45) is 0 Å². The molecule has 1 rings (SSSR count). The Labute approximate surface area is 110 Å². The number of hydrogen-bond acceptors (Lipinski definition) is 5. The first kappa shape index (κ1) is 15.4. The lowest BCUT2D eigenvalue weighted by atomic mass is 10.2. The van der Waals surface area contributed by atoms with Crippen LogP contribution in [0.1, 0.15) is 20.8 Å². The number of nitrogens with zero attached hydrogens (tertiary/aromatic N) is 3. The summed E-state index contributed by atoms with van der Waals surface area (Å²) in [6.07, 6.45) is 0. The third kappa shape index (κ3) is 4.23. The minimum atomic E-state index is -2.94. The third-order valence-corrected chi connectivity index (χ3v) is 5.74. The standard InChI is InChI=1S/C12H23N3O2S/c1-11(2)18(16,17)9-8-14-4-6-15(7-5-14)12(3)10-13/h11-12H,4-9H2,1-3H3. The Morgan fingerprint density at radius 2 is 1.72 bits per heavy atom. The molecule has 1 heterocycles. The molecule has 1 unspecified atom stereocenters. The van der Waals surface area contributed by atoms with Gasteiger partial charge < -0.3 is 0 Å². The minimum absolute atomic E-state index is 0.0495. The molecule has 1 atom stereocenters. The van der Waals surface area contributed by atoms with Crippen LogP contribution in [0.5, 0.6) is 0 Å². The van der Waals surface area contributed by atoms with Crippen LogP contribution < -0.4 is 0 Å². The van der Waals surface area contributed by atoms with E-state index >= 15 is 0 Å². The number of nitriles is 1. The van der Waals surface area contributed by atoms with E-state index in [0.29, 0.717) is 6.54 Å². The molecule has 1 fully saturated rings. The molecule has 1 aliphatic heterocycles. The van der Waals surface area contributed by atoms with Crippen LogP contribution in [-0.4, -0.2) is 68.0 Å². The zero-order valence-corrected chi connectivity index (χ0v) is 12.3. The fraction of sp³-hybridized carbons (Fsp3) is 0.917. The van der Waals surface area contributed by atoms with Crippen molar-refractivity contribution in [1.82, 2.24) is 9.80 Å². The number of sulfone groups is 1. The van der Waals surface area contributed by atoms with E-state index in [2.05, 4.69) is 15.9 Å². The summed E-state index contributed by atoms with van der Waals surface area (Å²) in [7, 11) is -2.94. The highest BCUT2D eigenvalue weighted by Crippen LogP contribution is 2.07. The second-order valence-electron chi connectivity index (χ2n) is 5.10. The molecule has 0 N–H and O–H groups in total. The van der Waals surface area contributed by atoms with Crippen molar-refractivity contribution in [2.45, 2.75) is 32.1 Å². The molecule has 104 valence electrons. The lowest BCUT2D eigenvalue weighted by Gasteiger charge is -2.35. The SMILES string of the molecule is CC(C#N)N1CCN(CCS(=O)(=O)C(C)C)CC1. The Bertz CT molecular complexity index is 392. The summed E-state index contributed by atoms with van der Waals surface area (Å²) >= 11 is 0. The van der Waals surface area contributed by atoms with Crippen molar-refractivity contribution in [3.63, 3.8) is 0 Å². The fourth-order valence-electron chi connectivity index (χ4n) is 1.95. The van der Waals surface area contributed by atoms with E-state index in [4.69, 9.17) is 5.26 Å². The number of hydrogen-bond donors (Lipinski definition) is 0. The van der Waals surface area contributed by atoms with Crippen molar-refractivity contribution in [3.05, 3.63) is 0 Å². The molecule has 1 saturated heterocycles. The predicted molar refractivity (Wildman–Crippen MR) is 72.0 cm³/mol. The van der Waals surface area contributed by atoms with Crippen molar-refractivity contribution in [1.29, 1.82) is 5.26 Å². The summed E-state index contributed by atoms with van der Waals surface area (Å²) in [5, 5.41) is 8.55. The quantitative estimate of drug-likeness (QED) is 0.723. The van der Waals surface area contributed by atoms with E-state index in [9.17, 15) is 8.42 Å². The predicted octanol–water partition coefficient (Wildman–Crippen LogP) is 0.339. The molecule has 0 spiro atoms. The van der Waals surface area contributed by atoms with Crippen LogP contribution in [-0.2, 0) is 9.84 Å². The maximum Gasteiger partial charge on any atom is 0.153 e. The first-order valence-corrected chi connectivity index (χ1v) is 8.16. The smallest absolute Gasteiger partial charge is 0.153 e. The zero-order chi connectivity index (χ0) is 13.8. The van der Waals surface area contributed by atoms with E-state index in [1.54, 1.807) is 13.8 Å². The van der Waals surface area contributed by atoms with Crippen molar-refractivity contribution in [2.75, 3.05) is 38.5 Å². The van der Waals surface area contributed by atoms with Gasteiger partial charge in [0.25, 0.3) is 0 Å². The Balaban J connectivity index is 2.35. The molecule has 18 heavy (non-hydrogen) atoms. The maximum absolute atomic E-state index is 11.7. The highest BCUT2D eigenvalue weighted by molar-refractivity contribution is 7.92. The van der Waals surface area contributed by atoms with Crippen LogP contribution in [0.3, 0.4) is 0 Å². The molecule has 0 amide bonds. The van der Waals surface area contributed by atoms with E-state index in [0.717, 1.165) is 26.2 Å². The van der Waals surface area contributed by atoms with E-state index in [-0.39, 0.29) is 17.0 Å². The molecular weight excluding hydrogens is 250 g/mol. The first-order valence-electron chi connectivity index (χ1n) is 6.44. The topological polar surface area (TPSA) is 64.4 Å². The van der Waals surface area contributed by atoms with E-state index < -0.39 is 9.84 Å². The second kappa shape index (κ2) is 6.50. The van der Waals surface area contributed by atoms with Gasteiger partial charge in [-0.05, 0) is 20.8 Å². The van der Waals surface area contributed by atoms with Gasteiger partial charge in [-0.25, -0.2) is 8.42 Å². The van der Waals surface area contributed by atoms with Gasteiger partial charge in [-0.3, -0.25) is 9.80 Å². The summed E-state index contributed by atoms with van der Waals surface area (Å²) in [6, 6.07) is 2.18. The lowest BCUT2D eigenvalue weighted by molar-refractivity contribution is 0.124. The number of piperazine rings is 1. The Hall–Kier alpha value is -0.640. The van der Waals surface area contributed by atoms with Crippen LogP contribution in [0, 0.1) is 11.3 Å². The van der Waals surface area contributed by atoms with Gasteiger partial charge >= 0.3 is 0 Å². The summed E-state index contributed by atoms with van der Waals surface area (Å²) in [5.41, 5.74) is 0. The molecule has 0 aromatic rings. The minimum Gasteiger partial charge on any atom is -0.300 e. The van der Waals surface area contributed by atoms with Crippen molar-refractivity contribution < 1.29 is 8.42 Å². The summed E-state index contributed by atoms with van der Waals surface area (Å²) in [5.74, 6) is 0.235. The van der Waals surface area contributed by atoms with Gasteiger partial charge in [0.15, 0.2) is 9.84 Å². The lowest BCUT2D eigenvalue weighted by Crippen LogP contribution is -2.50. The van der Waals surface area contributed by atoms with Crippen LogP contribution in [0.4, 0.5) is 0 Å². The normalized spacial score (nSPS) is 20.8. The zero-order valence-electron chi connectivity index (χ0n) is 11.5. The van der Waals surface area contributed by atoms with Crippen LogP contribution >= 0.6 is 0 Å². The van der Waals surface area contributed by atoms with Crippen LogP contribution in [0.2, 0.25) is 0 Å². The average Bonchev–Trinajstić information content (AvgIpc) is 2.36. The van der Waals surface area contributed by atoms with Gasteiger partial charge in [-0.2, -0.15) is 5.26 Å². The molecule has 1 aliphatic rings. The maximum atomic E-state index is 11.7. The van der Waals surface area contributed by atoms with Gasteiger partial charge in [0.1, 0.15) is 0 Å². The summed E-state index contributed by atoms with van der Waals surface area (Å²) in [4.78, 5) is 4.30. The van der Waals surface area contributed by atoms with Gasteiger partial charge in [0.05, 0.1) is 23.1 Å². The Morgan fingerprint density at radius 1 is 1.17 bits per heavy atom. The molecule has 0 saturated carbocycles. The molecule has 0 bridgehead atoms. The third-order valence-electron chi connectivity index (χ3n) is 3.55. The molecule has 0 aliphatic carbocycles. The summed E-state index contributed by atoms with van der Waals surface area (Å²) in [6.45, 7) is 9.34. The summed E-state index contributed by atoms with van der Waals surface area (Å²) < 4.78 is 23.4. The highest BCUT2D eigenvalue weighted by atomic mass is 32.2. The van der Waals surface area contributed by atoms with Crippen LogP contribution in [0.25, 0.3) is 0 Å². The van der Waals surface area contributed by atoms with Gasteiger partial charge in [-0.15, -0.1) is 0 Å². The van der Waals surface area contributed by atoms with E-state index in [1.165, 1.54) is 0 Å². The Morgan fingerprint density at radius 3 is 2.17 bits per heavy atom. The molecule has 0 aromatic heterocycles. The molecule has 6 heteroatoms. The van der Waals surface area contributed by atoms with Crippen molar-refractivity contribution in [3.8, 4) is 6.07 Å². The second-order valence-corrected chi connectivity index (χ2v) is 7.78. The fourth-order valence-corrected chi connectivity index (χ4v) is 2.93. The first-order chi connectivity index (χ1) is 8.36. The van der Waals surface area contributed by atoms with Gasteiger partial charge in [0, 0.05) is 32.7 Å². The van der Waals surface area contributed by atoms with E-state index in [1.807, 2.05) is 6.92 Å². The Kier molecular flexibility index (Phi) is 5.57. The largest absolute Gasteiger partial charge is 0.300 e. The van der Waals surface area contributed by atoms with Gasteiger partial charge in [-0.1, -0.05) is 0 Å². The molecule has 0 radical (unpaired) electrons. The average molecular weight is 273 g/mol.